The Balaban J connectivity index is 1.13. The van der Waals surface area contributed by atoms with E-state index in [1.165, 1.54) is 7.11 Å². The van der Waals surface area contributed by atoms with Gasteiger partial charge in [0, 0.05) is 25.1 Å². The van der Waals surface area contributed by atoms with E-state index < -0.39 is 12.1 Å². The maximum atomic E-state index is 13.5. The van der Waals surface area contributed by atoms with Gasteiger partial charge >= 0.3 is 6.09 Å². The zero-order valence-electron chi connectivity index (χ0n) is 29.3. The van der Waals surface area contributed by atoms with Crippen LogP contribution in [0.1, 0.15) is 83.5 Å². The lowest BCUT2D eigenvalue weighted by Crippen LogP contribution is -2.51. The molecule has 2 saturated heterocycles. The standard InChI is InChI=1S/C38H46ClN7O4/c1-22(2)20-31(47)45-18-6-9-30(45)36-42-33(34(39)44-36)27-16-12-25(13-17-27)24-10-14-26(15-11-24)28-21-40-35(41-28)29-8-7-19-46(29)37(48)32(23(3)4)43-38(49)50-5/h10-17,21-23,29-30,32H,6-9,18-20H2,1-5H3,(H,40,41)(H,42,44)(H,43,49)/t29-,30-,32-/m0/s1. The summed E-state index contributed by atoms with van der Waals surface area (Å²) in [5, 5.41) is 3.10. The monoisotopic (exact) mass is 699 g/mol. The summed E-state index contributed by atoms with van der Waals surface area (Å²) < 4.78 is 4.75. The normalized spacial score (nSPS) is 18.2. The van der Waals surface area contributed by atoms with Gasteiger partial charge in [-0.05, 0) is 54.2 Å². The van der Waals surface area contributed by atoms with Gasteiger partial charge in [-0.15, -0.1) is 0 Å². The molecule has 0 spiro atoms. The number of alkyl carbamates (subject to hydrolysis) is 1. The average Bonchev–Trinajstić information content (AvgIpc) is 3.93. The van der Waals surface area contributed by atoms with E-state index in [2.05, 4.69) is 75.5 Å². The Morgan fingerprint density at radius 1 is 0.860 bits per heavy atom. The molecule has 3 amide bonds. The highest BCUT2D eigenvalue weighted by atomic mass is 35.5. The van der Waals surface area contributed by atoms with Gasteiger partial charge < -0.3 is 29.8 Å². The summed E-state index contributed by atoms with van der Waals surface area (Å²) in [5.74, 6) is 1.71. The first kappa shape index (κ1) is 35.2. The predicted molar refractivity (Wildman–Crippen MR) is 193 cm³/mol. The van der Waals surface area contributed by atoms with Crippen molar-refractivity contribution in [1.29, 1.82) is 0 Å². The van der Waals surface area contributed by atoms with Crippen molar-refractivity contribution < 1.29 is 19.1 Å². The van der Waals surface area contributed by atoms with Crippen LogP contribution in [0.25, 0.3) is 33.6 Å². The van der Waals surface area contributed by atoms with Gasteiger partial charge in [0.15, 0.2) is 5.15 Å². The Morgan fingerprint density at radius 3 is 2.04 bits per heavy atom. The molecule has 12 heteroatoms. The Labute approximate surface area is 298 Å². The molecule has 2 aromatic carbocycles. The molecule has 0 unspecified atom stereocenters. The van der Waals surface area contributed by atoms with Crippen LogP contribution in [0, 0.1) is 11.8 Å². The maximum absolute atomic E-state index is 13.5. The van der Waals surface area contributed by atoms with E-state index in [1.807, 2.05) is 35.8 Å². The van der Waals surface area contributed by atoms with Gasteiger partial charge in [0.05, 0.1) is 36.8 Å². The number of carbonyl (C=O) groups excluding carboxylic acids is 3. The van der Waals surface area contributed by atoms with Crippen LogP contribution in [0.5, 0.6) is 0 Å². The summed E-state index contributed by atoms with van der Waals surface area (Å²) in [6, 6.07) is 15.5. The van der Waals surface area contributed by atoms with Crippen LogP contribution in [0.2, 0.25) is 5.15 Å². The molecule has 264 valence electrons. The third-order valence-corrected chi connectivity index (χ3v) is 9.96. The van der Waals surface area contributed by atoms with E-state index >= 15 is 0 Å². The van der Waals surface area contributed by atoms with Crippen LogP contribution in [-0.2, 0) is 14.3 Å². The fourth-order valence-corrected chi connectivity index (χ4v) is 7.30. The smallest absolute Gasteiger partial charge is 0.407 e. The van der Waals surface area contributed by atoms with Crippen molar-refractivity contribution >= 4 is 29.5 Å². The molecule has 50 heavy (non-hydrogen) atoms. The van der Waals surface area contributed by atoms with Gasteiger partial charge in [-0.3, -0.25) is 9.59 Å². The Morgan fingerprint density at radius 2 is 1.44 bits per heavy atom. The minimum absolute atomic E-state index is 0.0802. The molecule has 2 aliphatic heterocycles. The van der Waals surface area contributed by atoms with Crippen LogP contribution in [0.4, 0.5) is 4.79 Å². The number of nitrogens with zero attached hydrogens (tertiary/aromatic N) is 4. The second-order valence-electron chi connectivity index (χ2n) is 14.0. The summed E-state index contributed by atoms with van der Waals surface area (Å²) >= 11 is 6.63. The Hall–Kier alpha value is -4.64. The number of H-pyrrole nitrogens is 2. The Bertz CT molecular complexity index is 1820. The predicted octanol–water partition coefficient (Wildman–Crippen LogP) is 7.54. The number of hydrogen-bond donors (Lipinski definition) is 3. The number of benzene rings is 2. The van der Waals surface area contributed by atoms with Crippen molar-refractivity contribution in [2.45, 2.75) is 77.9 Å². The van der Waals surface area contributed by atoms with E-state index in [0.29, 0.717) is 24.0 Å². The second kappa shape index (κ2) is 15.1. The van der Waals surface area contributed by atoms with Crippen LogP contribution >= 0.6 is 11.6 Å². The molecule has 6 rings (SSSR count). The molecule has 2 fully saturated rings. The quantitative estimate of drug-likeness (QED) is 0.156. The van der Waals surface area contributed by atoms with Gasteiger partial charge in [-0.1, -0.05) is 87.8 Å². The molecule has 11 nitrogen and oxygen atoms in total. The highest BCUT2D eigenvalue weighted by Crippen LogP contribution is 2.37. The number of hydrogen-bond acceptors (Lipinski definition) is 6. The van der Waals surface area contributed by atoms with Crippen molar-refractivity contribution in [2.75, 3.05) is 20.2 Å². The van der Waals surface area contributed by atoms with Gasteiger partial charge in [-0.2, -0.15) is 0 Å². The lowest BCUT2D eigenvalue weighted by molar-refractivity contribution is -0.135. The maximum Gasteiger partial charge on any atom is 0.407 e. The van der Waals surface area contributed by atoms with Crippen molar-refractivity contribution in [2.24, 2.45) is 11.8 Å². The number of imidazole rings is 2. The van der Waals surface area contributed by atoms with Crippen LogP contribution in [-0.4, -0.2) is 73.9 Å². The molecule has 3 N–H and O–H groups in total. The summed E-state index contributed by atoms with van der Waals surface area (Å²) in [7, 11) is 1.29. The molecule has 4 aromatic rings. The van der Waals surface area contributed by atoms with E-state index in [1.54, 1.807) is 6.20 Å². The van der Waals surface area contributed by atoms with Crippen LogP contribution < -0.4 is 5.32 Å². The largest absolute Gasteiger partial charge is 0.453 e. The molecule has 0 aliphatic carbocycles. The van der Waals surface area contributed by atoms with Gasteiger partial charge in [0.1, 0.15) is 17.7 Å². The lowest BCUT2D eigenvalue weighted by Gasteiger charge is -2.30. The summed E-state index contributed by atoms with van der Waals surface area (Å²) in [4.78, 5) is 58.2. The summed E-state index contributed by atoms with van der Waals surface area (Å²) in [5.41, 5.74) is 5.65. The number of rotatable bonds is 10. The minimum atomic E-state index is -0.678. The third kappa shape index (κ3) is 7.43. The molecule has 2 aromatic heterocycles. The topological polar surface area (TPSA) is 136 Å². The summed E-state index contributed by atoms with van der Waals surface area (Å²) in [6.45, 7) is 9.28. The van der Waals surface area contributed by atoms with Gasteiger partial charge in [0.25, 0.3) is 0 Å². The number of amides is 3. The molecule has 0 radical (unpaired) electrons. The van der Waals surface area contributed by atoms with E-state index in [9.17, 15) is 14.4 Å². The van der Waals surface area contributed by atoms with Crippen molar-refractivity contribution in [3.8, 4) is 33.6 Å². The number of aromatic amines is 2. The van der Waals surface area contributed by atoms with E-state index in [4.69, 9.17) is 16.3 Å². The molecular weight excluding hydrogens is 654 g/mol. The third-order valence-electron chi connectivity index (χ3n) is 9.69. The molecule has 0 saturated carbocycles. The number of methoxy groups -OCH3 is 1. The number of carbonyl (C=O) groups is 3. The number of aromatic nitrogens is 4. The van der Waals surface area contributed by atoms with E-state index in [0.717, 1.165) is 77.5 Å². The zero-order chi connectivity index (χ0) is 35.5. The number of ether oxygens (including phenoxy) is 1. The molecule has 2 aliphatic rings. The molecule has 3 atom stereocenters. The summed E-state index contributed by atoms with van der Waals surface area (Å²) in [6.07, 6.45) is 5.19. The molecule has 4 heterocycles. The first-order valence-electron chi connectivity index (χ1n) is 17.5. The van der Waals surface area contributed by atoms with Crippen molar-refractivity contribution in [3.63, 3.8) is 0 Å². The zero-order valence-corrected chi connectivity index (χ0v) is 30.1. The second-order valence-corrected chi connectivity index (χ2v) is 14.4. The number of nitrogens with one attached hydrogen (secondary N) is 3. The van der Waals surface area contributed by atoms with Crippen molar-refractivity contribution in [3.05, 3.63) is 71.5 Å². The highest BCUT2D eigenvalue weighted by molar-refractivity contribution is 6.31. The number of halogens is 1. The molecular formula is C38H46ClN7O4. The SMILES string of the molecule is COC(=O)N[C@H](C(=O)N1CCC[C@H]1c1ncc(-c2ccc(-c3ccc(-c4[nH]c([C@@H]5CCCN5C(=O)CC(C)C)nc4Cl)cc3)cc2)[nH]1)C(C)C. The van der Waals surface area contributed by atoms with Crippen LogP contribution in [0.15, 0.2) is 54.7 Å². The first-order chi connectivity index (χ1) is 24.0. The lowest BCUT2D eigenvalue weighted by atomic mass is 10.0. The van der Waals surface area contributed by atoms with Crippen molar-refractivity contribution in [1.82, 2.24) is 35.1 Å². The average molecular weight is 700 g/mol. The minimum Gasteiger partial charge on any atom is -0.453 e. The van der Waals surface area contributed by atoms with Gasteiger partial charge in [-0.25, -0.2) is 14.8 Å². The Kier molecular flexibility index (Phi) is 10.6. The highest BCUT2D eigenvalue weighted by Gasteiger charge is 2.37. The van der Waals surface area contributed by atoms with E-state index in [-0.39, 0.29) is 29.8 Å². The number of likely N-dealkylation sites (tertiary alicyclic amines) is 2. The van der Waals surface area contributed by atoms with Gasteiger partial charge in [0.2, 0.25) is 11.8 Å². The first-order valence-corrected chi connectivity index (χ1v) is 17.9. The van der Waals surface area contributed by atoms with Crippen LogP contribution in [0.3, 0.4) is 0 Å². The fourth-order valence-electron chi connectivity index (χ4n) is 7.05. The molecule has 0 bridgehead atoms. The fraction of sp³-hybridized carbons (Fsp3) is 0.447.